The Balaban J connectivity index is 2.14. The molecule has 1 amide bonds. The van der Waals surface area contributed by atoms with Gasteiger partial charge in [-0.1, -0.05) is 24.4 Å². The Hall–Kier alpha value is -1.57. The second kappa shape index (κ2) is 6.05. The molecule has 1 aliphatic carbocycles. The monoisotopic (exact) mass is 277 g/mol. The maximum Gasteiger partial charge on any atom is 0.229 e. The summed E-state index contributed by atoms with van der Waals surface area (Å²) >= 11 is 5.89. The van der Waals surface area contributed by atoms with Crippen LogP contribution in [0.15, 0.2) is 18.2 Å². The molecule has 1 fully saturated rings. The molecule has 1 saturated carbocycles. The summed E-state index contributed by atoms with van der Waals surface area (Å²) in [5, 5.41) is 12.3. The van der Waals surface area contributed by atoms with Crippen LogP contribution in [0.1, 0.15) is 31.2 Å². The molecule has 0 radical (unpaired) electrons. The van der Waals surface area contributed by atoms with Crippen molar-refractivity contribution in [2.45, 2.75) is 31.7 Å². The molecule has 0 spiro atoms. The minimum absolute atomic E-state index is 0.0986. The van der Waals surface area contributed by atoms with Gasteiger partial charge >= 0.3 is 0 Å². The Kier molecular flexibility index (Phi) is 4.41. The van der Waals surface area contributed by atoms with Crippen molar-refractivity contribution in [1.29, 1.82) is 5.26 Å². The topological polar surface area (TPSA) is 78.9 Å². The highest BCUT2D eigenvalue weighted by atomic mass is 35.5. The van der Waals surface area contributed by atoms with Crippen LogP contribution in [-0.2, 0) is 4.79 Å². The van der Waals surface area contributed by atoms with E-state index in [2.05, 4.69) is 5.32 Å². The first-order chi connectivity index (χ1) is 9.11. The molecule has 2 unspecified atom stereocenters. The molecule has 1 aliphatic rings. The first kappa shape index (κ1) is 13.9. The number of nitriles is 1. The van der Waals surface area contributed by atoms with Crippen LogP contribution in [-0.4, -0.2) is 11.9 Å². The van der Waals surface area contributed by atoms with Crippen molar-refractivity contribution in [1.82, 2.24) is 0 Å². The maximum absolute atomic E-state index is 12.2. The maximum atomic E-state index is 12.2. The quantitative estimate of drug-likeness (QED) is 0.872. The summed E-state index contributed by atoms with van der Waals surface area (Å²) in [7, 11) is 0. The Morgan fingerprint density at radius 1 is 1.42 bits per heavy atom. The van der Waals surface area contributed by atoms with Gasteiger partial charge in [0.25, 0.3) is 0 Å². The van der Waals surface area contributed by atoms with E-state index >= 15 is 0 Å². The van der Waals surface area contributed by atoms with E-state index in [0.717, 1.165) is 25.7 Å². The number of nitrogens with one attached hydrogen (secondary N) is 1. The molecule has 0 aliphatic heterocycles. The molecule has 1 aromatic carbocycles. The second-order valence-electron chi connectivity index (χ2n) is 4.85. The van der Waals surface area contributed by atoms with Gasteiger partial charge in [0, 0.05) is 11.1 Å². The molecule has 3 N–H and O–H groups in total. The Labute approximate surface area is 117 Å². The molecule has 0 saturated heterocycles. The first-order valence-corrected chi connectivity index (χ1v) is 6.75. The van der Waals surface area contributed by atoms with Gasteiger partial charge < -0.3 is 11.1 Å². The fourth-order valence-corrected chi connectivity index (χ4v) is 2.60. The van der Waals surface area contributed by atoms with Crippen LogP contribution in [0, 0.1) is 17.2 Å². The van der Waals surface area contributed by atoms with Crippen LogP contribution >= 0.6 is 11.6 Å². The van der Waals surface area contributed by atoms with Crippen LogP contribution in [0.4, 0.5) is 5.69 Å². The van der Waals surface area contributed by atoms with E-state index in [-0.39, 0.29) is 17.9 Å². The van der Waals surface area contributed by atoms with Crippen molar-refractivity contribution in [2.75, 3.05) is 5.32 Å². The first-order valence-electron chi connectivity index (χ1n) is 6.38. The third-order valence-corrected chi connectivity index (χ3v) is 3.75. The molecule has 4 nitrogen and oxygen atoms in total. The molecule has 1 aromatic rings. The van der Waals surface area contributed by atoms with Gasteiger partial charge in [-0.25, -0.2) is 0 Å². The van der Waals surface area contributed by atoms with E-state index in [9.17, 15) is 4.79 Å². The average molecular weight is 278 g/mol. The van der Waals surface area contributed by atoms with Gasteiger partial charge in [0.2, 0.25) is 5.91 Å². The SMILES string of the molecule is N#Cc1ccc(Cl)cc1NC(=O)C1CCCCC1N. The average Bonchev–Trinajstić information content (AvgIpc) is 2.39. The van der Waals surface area contributed by atoms with Crippen molar-refractivity contribution in [3.05, 3.63) is 28.8 Å². The molecule has 2 rings (SSSR count). The van der Waals surface area contributed by atoms with Crippen molar-refractivity contribution in [2.24, 2.45) is 11.7 Å². The molecule has 5 heteroatoms. The summed E-state index contributed by atoms with van der Waals surface area (Å²) in [6.07, 6.45) is 3.77. The van der Waals surface area contributed by atoms with E-state index in [1.807, 2.05) is 6.07 Å². The van der Waals surface area contributed by atoms with Crippen LogP contribution < -0.4 is 11.1 Å². The molecule has 0 heterocycles. The predicted octanol–water partition coefficient (Wildman–Crippen LogP) is 2.67. The Morgan fingerprint density at radius 3 is 2.84 bits per heavy atom. The Bertz CT molecular complexity index is 524. The third-order valence-electron chi connectivity index (χ3n) is 3.52. The number of amides is 1. The normalized spacial score (nSPS) is 22.6. The number of hydrogen-bond donors (Lipinski definition) is 2. The number of halogens is 1. The summed E-state index contributed by atoms with van der Waals surface area (Å²) in [4.78, 5) is 12.2. The van der Waals surface area contributed by atoms with Crippen molar-refractivity contribution >= 4 is 23.2 Å². The van der Waals surface area contributed by atoms with Crippen LogP contribution in [0.25, 0.3) is 0 Å². The zero-order valence-electron chi connectivity index (χ0n) is 10.5. The van der Waals surface area contributed by atoms with Gasteiger partial charge in [-0.15, -0.1) is 0 Å². The number of carbonyl (C=O) groups excluding carboxylic acids is 1. The van der Waals surface area contributed by atoms with Gasteiger partial charge in [-0.05, 0) is 31.0 Å². The minimum Gasteiger partial charge on any atom is -0.327 e. The highest BCUT2D eigenvalue weighted by Gasteiger charge is 2.28. The molecule has 19 heavy (non-hydrogen) atoms. The lowest BCUT2D eigenvalue weighted by molar-refractivity contribution is -0.121. The highest BCUT2D eigenvalue weighted by molar-refractivity contribution is 6.31. The summed E-state index contributed by atoms with van der Waals surface area (Å²) in [6.45, 7) is 0. The number of hydrogen-bond acceptors (Lipinski definition) is 3. The zero-order valence-corrected chi connectivity index (χ0v) is 11.3. The van der Waals surface area contributed by atoms with Gasteiger partial charge in [-0.3, -0.25) is 4.79 Å². The summed E-state index contributed by atoms with van der Waals surface area (Å²) in [6, 6.07) is 6.75. The van der Waals surface area contributed by atoms with Gasteiger partial charge in [0.15, 0.2) is 0 Å². The number of nitrogens with two attached hydrogens (primary N) is 1. The molecule has 100 valence electrons. The van der Waals surface area contributed by atoms with Gasteiger partial charge in [0.05, 0.1) is 17.2 Å². The fraction of sp³-hybridized carbons (Fsp3) is 0.429. The van der Waals surface area contributed by atoms with Crippen LogP contribution in [0.5, 0.6) is 0 Å². The molecular formula is C14H16ClN3O. The van der Waals surface area contributed by atoms with E-state index in [0.29, 0.717) is 16.3 Å². The fourth-order valence-electron chi connectivity index (χ4n) is 2.43. The second-order valence-corrected chi connectivity index (χ2v) is 5.28. The third kappa shape index (κ3) is 3.25. The highest BCUT2D eigenvalue weighted by Crippen LogP contribution is 2.26. The van der Waals surface area contributed by atoms with Gasteiger partial charge in [-0.2, -0.15) is 5.26 Å². The molecule has 0 bridgehead atoms. The Morgan fingerprint density at radius 2 is 2.16 bits per heavy atom. The number of nitrogens with zero attached hydrogens (tertiary/aromatic N) is 1. The molecule has 0 aromatic heterocycles. The lowest BCUT2D eigenvalue weighted by atomic mass is 9.84. The van der Waals surface area contributed by atoms with Gasteiger partial charge in [0.1, 0.15) is 6.07 Å². The predicted molar refractivity (Wildman–Crippen MR) is 74.7 cm³/mol. The zero-order chi connectivity index (χ0) is 13.8. The van der Waals surface area contributed by atoms with Crippen LogP contribution in [0.2, 0.25) is 5.02 Å². The number of anilines is 1. The largest absolute Gasteiger partial charge is 0.327 e. The van der Waals surface area contributed by atoms with Crippen LogP contribution in [0.3, 0.4) is 0 Å². The van der Waals surface area contributed by atoms with Crippen molar-refractivity contribution < 1.29 is 4.79 Å². The number of benzene rings is 1. The summed E-state index contributed by atoms with van der Waals surface area (Å²) < 4.78 is 0. The van der Waals surface area contributed by atoms with E-state index < -0.39 is 0 Å². The number of carbonyl (C=O) groups is 1. The summed E-state index contributed by atoms with van der Waals surface area (Å²) in [5.41, 5.74) is 6.84. The van der Waals surface area contributed by atoms with Crippen molar-refractivity contribution in [3.63, 3.8) is 0 Å². The van der Waals surface area contributed by atoms with E-state index in [1.165, 1.54) is 0 Å². The molecular weight excluding hydrogens is 262 g/mol. The standard InChI is InChI=1S/C14H16ClN3O/c15-10-6-5-9(8-16)13(7-10)18-14(19)11-3-1-2-4-12(11)17/h5-7,11-12H,1-4,17H2,(H,18,19). The smallest absolute Gasteiger partial charge is 0.229 e. The number of rotatable bonds is 2. The minimum atomic E-state index is -0.181. The van der Waals surface area contributed by atoms with Crippen molar-refractivity contribution in [3.8, 4) is 6.07 Å². The summed E-state index contributed by atoms with van der Waals surface area (Å²) in [5.74, 6) is -0.301. The lowest BCUT2D eigenvalue weighted by Crippen LogP contribution is -2.40. The lowest BCUT2D eigenvalue weighted by Gasteiger charge is -2.27. The van der Waals surface area contributed by atoms with E-state index in [1.54, 1.807) is 18.2 Å². The molecule has 2 atom stereocenters. The van der Waals surface area contributed by atoms with E-state index in [4.69, 9.17) is 22.6 Å².